The largest absolute Gasteiger partial charge is 0.486 e. The van der Waals surface area contributed by atoms with Crippen molar-refractivity contribution < 1.29 is 18.6 Å². The Morgan fingerprint density at radius 3 is 2.67 bits per heavy atom. The topological polar surface area (TPSA) is 57.0 Å². The summed E-state index contributed by atoms with van der Waals surface area (Å²) in [6.45, 7) is 0.996. The van der Waals surface area contributed by atoms with E-state index in [9.17, 15) is 4.39 Å². The molecule has 0 radical (unpaired) electrons. The van der Waals surface area contributed by atoms with Crippen LogP contribution >= 0.6 is 11.6 Å². The molecule has 1 N–H and O–H groups in total. The van der Waals surface area contributed by atoms with E-state index < -0.39 is 5.82 Å². The molecule has 4 aromatic rings. The second-order valence-corrected chi connectivity index (χ2v) is 7.06. The molecule has 0 saturated carbocycles. The number of halogens is 2. The quantitative estimate of drug-likeness (QED) is 0.479. The zero-order valence-electron chi connectivity index (χ0n) is 16.0. The molecule has 0 aliphatic carbocycles. The summed E-state index contributed by atoms with van der Waals surface area (Å²) >= 11 is 6.35. The third-order valence-corrected chi connectivity index (χ3v) is 5.14. The summed E-state index contributed by atoms with van der Waals surface area (Å²) in [7, 11) is 1.57. The van der Waals surface area contributed by atoms with Gasteiger partial charge in [0.15, 0.2) is 11.5 Å². The molecule has 1 aliphatic heterocycles. The van der Waals surface area contributed by atoms with Crippen LogP contribution in [0.3, 0.4) is 0 Å². The summed E-state index contributed by atoms with van der Waals surface area (Å²) in [6.07, 6.45) is 0. The lowest BCUT2D eigenvalue weighted by atomic mass is 10.1. The lowest BCUT2D eigenvalue weighted by molar-refractivity contribution is 0.171. The van der Waals surface area contributed by atoms with Crippen LogP contribution in [0, 0.1) is 5.82 Å². The molecule has 0 atom stereocenters. The zero-order chi connectivity index (χ0) is 20.7. The number of nitrogens with zero attached hydrogens (tertiary/aromatic N) is 2. The fourth-order valence-corrected chi connectivity index (χ4v) is 3.75. The van der Waals surface area contributed by atoms with Crippen LogP contribution in [0.1, 0.15) is 0 Å². The van der Waals surface area contributed by atoms with Gasteiger partial charge >= 0.3 is 0 Å². The lowest BCUT2D eigenvalue weighted by Gasteiger charge is -2.19. The predicted molar refractivity (Wildman–Crippen MR) is 113 cm³/mol. The third kappa shape index (κ3) is 3.07. The van der Waals surface area contributed by atoms with Gasteiger partial charge in [0.05, 0.1) is 17.7 Å². The minimum absolute atomic E-state index is 0.213. The molecule has 8 heteroatoms. The normalized spacial score (nSPS) is 12.8. The molecule has 2 aromatic heterocycles. The van der Waals surface area contributed by atoms with Gasteiger partial charge in [-0.15, -0.1) is 0 Å². The van der Waals surface area contributed by atoms with Crippen molar-refractivity contribution in [3.63, 3.8) is 0 Å². The number of hydrogen-bond acceptors (Lipinski definition) is 5. The van der Waals surface area contributed by atoms with Crippen LogP contribution in [0.15, 0.2) is 54.6 Å². The van der Waals surface area contributed by atoms with Crippen molar-refractivity contribution in [3.05, 3.63) is 65.4 Å². The van der Waals surface area contributed by atoms with E-state index in [0.717, 1.165) is 5.69 Å². The molecule has 30 heavy (non-hydrogen) atoms. The molecule has 3 heterocycles. The second-order valence-electron chi connectivity index (χ2n) is 6.65. The molecular weight excluding hydrogens is 409 g/mol. The highest BCUT2D eigenvalue weighted by Gasteiger charge is 2.22. The molecule has 5 rings (SSSR count). The number of aromatic nitrogens is 2. The van der Waals surface area contributed by atoms with E-state index in [-0.39, 0.29) is 10.6 Å². The Morgan fingerprint density at radius 1 is 1.07 bits per heavy atom. The molecule has 152 valence electrons. The van der Waals surface area contributed by atoms with Gasteiger partial charge in [0.25, 0.3) is 0 Å². The van der Waals surface area contributed by atoms with Gasteiger partial charge in [-0.2, -0.15) is 0 Å². The Kier molecular flexibility index (Phi) is 4.59. The maximum atomic E-state index is 14.8. The fourth-order valence-electron chi connectivity index (χ4n) is 3.49. The molecule has 0 amide bonds. The van der Waals surface area contributed by atoms with Crippen LogP contribution in [0.2, 0.25) is 5.02 Å². The number of nitrogens with one attached hydrogen (secondary N) is 1. The average Bonchev–Trinajstić information content (AvgIpc) is 3.11. The van der Waals surface area contributed by atoms with Crippen molar-refractivity contribution in [1.82, 2.24) is 9.38 Å². The summed E-state index contributed by atoms with van der Waals surface area (Å²) in [5, 5.41) is 3.60. The van der Waals surface area contributed by atoms with Gasteiger partial charge in [-0.25, -0.2) is 13.8 Å². The van der Waals surface area contributed by atoms with Gasteiger partial charge in [-0.3, -0.25) is 0 Å². The first-order valence-electron chi connectivity index (χ1n) is 9.32. The number of benzene rings is 2. The van der Waals surface area contributed by atoms with Crippen molar-refractivity contribution in [2.45, 2.75) is 0 Å². The van der Waals surface area contributed by atoms with E-state index in [0.29, 0.717) is 47.8 Å². The first kappa shape index (κ1) is 18.6. The molecule has 0 spiro atoms. The van der Waals surface area contributed by atoms with Crippen LogP contribution in [0.25, 0.3) is 16.9 Å². The number of imidazole rings is 1. The summed E-state index contributed by atoms with van der Waals surface area (Å²) < 4.78 is 33.3. The number of anilines is 2. The van der Waals surface area contributed by atoms with Crippen LogP contribution in [-0.4, -0.2) is 29.7 Å². The summed E-state index contributed by atoms with van der Waals surface area (Å²) in [6, 6.07) is 15.5. The van der Waals surface area contributed by atoms with Crippen LogP contribution in [0.4, 0.5) is 15.9 Å². The van der Waals surface area contributed by atoms with Gasteiger partial charge < -0.3 is 19.5 Å². The Labute approximate surface area is 176 Å². The minimum Gasteiger partial charge on any atom is -0.486 e. The van der Waals surface area contributed by atoms with E-state index in [1.165, 1.54) is 6.07 Å². The highest BCUT2D eigenvalue weighted by molar-refractivity contribution is 6.33. The molecule has 2 aromatic carbocycles. The van der Waals surface area contributed by atoms with Crippen molar-refractivity contribution >= 4 is 28.8 Å². The molecule has 0 bridgehead atoms. The molecule has 0 saturated heterocycles. The number of hydrogen-bond donors (Lipinski definition) is 1. The Hall–Kier alpha value is -3.45. The SMILES string of the molecule is COc1cccc2nc(-c3c(F)cccc3Cl)c(Nc3ccc4c(c3)OCCO4)n12. The van der Waals surface area contributed by atoms with Crippen LogP contribution in [0.5, 0.6) is 17.4 Å². The first-order valence-corrected chi connectivity index (χ1v) is 9.70. The van der Waals surface area contributed by atoms with Crippen molar-refractivity contribution in [1.29, 1.82) is 0 Å². The highest BCUT2D eigenvalue weighted by Crippen LogP contribution is 2.40. The molecular formula is C22H17ClFN3O3. The van der Waals surface area contributed by atoms with Gasteiger partial charge in [0.2, 0.25) is 5.88 Å². The Bertz CT molecular complexity index is 1240. The van der Waals surface area contributed by atoms with Crippen LogP contribution in [-0.2, 0) is 0 Å². The maximum absolute atomic E-state index is 14.8. The minimum atomic E-state index is -0.463. The molecule has 0 fully saturated rings. The fraction of sp³-hybridized carbons (Fsp3) is 0.136. The standard InChI is InChI=1S/C22H17ClFN3O3/c1-28-19-7-3-6-18-26-21(20-14(23)4-2-5-15(20)24)22(27(18)19)25-13-8-9-16-17(12-13)30-11-10-29-16/h2-9,12,25H,10-11H2,1H3. The average molecular weight is 426 g/mol. The van der Waals surface area contributed by atoms with E-state index >= 15 is 0 Å². The van der Waals surface area contributed by atoms with Crippen LogP contribution < -0.4 is 19.5 Å². The van der Waals surface area contributed by atoms with E-state index in [1.807, 2.05) is 30.3 Å². The van der Waals surface area contributed by atoms with Crippen molar-refractivity contribution in [3.8, 4) is 28.6 Å². The number of fused-ring (bicyclic) bond motifs is 2. The van der Waals surface area contributed by atoms with E-state index in [4.69, 9.17) is 25.8 Å². The van der Waals surface area contributed by atoms with E-state index in [2.05, 4.69) is 10.3 Å². The van der Waals surface area contributed by atoms with Crippen molar-refractivity contribution in [2.24, 2.45) is 0 Å². The molecule has 1 aliphatic rings. The summed E-state index contributed by atoms with van der Waals surface area (Å²) in [4.78, 5) is 4.64. The van der Waals surface area contributed by atoms with Gasteiger partial charge in [-0.05, 0) is 36.4 Å². The highest BCUT2D eigenvalue weighted by atomic mass is 35.5. The summed E-state index contributed by atoms with van der Waals surface area (Å²) in [5.74, 6) is 1.91. The summed E-state index contributed by atoms with van der Waals surface area (Å²) in [5.41, 5.74) is 1.90. The lowest BCUT2D eigenvalue weighted by Crippen LogP contribution is -2.15. The van der Waals surface area contributed by atoms with E-state index in [1.54, 1.807) is 29.7 Å². The second kappa shape index (κ2) is 7.42. The number of ether oxygens (including phenoxy) is 3. The Balaban J connectivity index is 1.71. The Morgan fingerprint density at radius 2 is 1.87 bits per heavy atom. The monoisotopic (exact) mass is 425 g/mol. The maximum Gasteiger partial charge on any atom is 0.200 e. The van der Waals surface area contributed by atoms with Gasteiger partial charge in [0, 0.05) is 11.8 Å². The molecule has 0 unspecified atom stereocenters. The zero-order valence-corrected chi connectivity index (χ0v) is 16.7. The first-order chi connectivity index (χ1) is 14.7. The number of rotatable bonds is 4. The number of pyridine rings is 1. The third-order valence-electron chi connectivity index (χ3n) is 4.82. The van der Waals surface area contributed by atoms with Gasteiger partial charge in [-0.1, -0.05) is 23.7 Å². The van der Waals surface area contributed by atoms with Gasteiger partial charge in [0.1, 0.15) is 36.2 Å². The van der Waals surface area contributed by atoms with Crippen molar-refractivity contribution in [2.75, 3.05) is 25.6 Å². The molecule has 6 nitrogen and oxygen atoms in total. The number of methoxy groups -OCH3 is 1. The smallest absolute Gasteiger partial charge is 0.200 e. The predicted octanol–water partition coefficient (Wildman–Crippen LogP) is 5.32.